The van der Waals surface area contributed by atoms with Crippen LogP contribution < -0.4 is 10.6 Å². The number of rotatable bonds is 7. The molecule has 1 aliphatic carbocycles. The van der Waals surface area contributed by atoms with Crippen LogP contribution in [0.3, 0.4) is 0 Å². The molecule has 1 saturated heterocycles. The maximum absolute atomic E-state index is 4.54. The summed E-state index contributed by atoms with van der Waals surface area (Å²) in [6, 6.07) is 11.0. The topological polar surface area (TPSA) is 57.5 Å². The number of hydrogen-bond donors (Lipinski definition) is 2. The number of aliphatic imine (C=N–C) groups is 1. The second-order valence-electron chi connectivity index (χ2n) is 9.11. The van der Waals surface area contributed by atoms with E-state index in [9.17, 15) is 0 Å². The molecule has 2 aromatic rings. The minimum atomic E-state index is 0. The van der Waals surface area contributed by atoms with Crippen LogP contribution in [-0.2, 0) is 13.1 Å². The molecule has 7 heteroatoms. The highest BCUT2D eigenvalue weighted by Crippen LogP contribution is 2.25. The van der Waals surface area contributed by atoms with Crippen molar-refractivity contribution in [3.63, 3.8) is 0 Å². The van der Waals surface area contributed by atoms with E-state index in [1.807, 2.05) is 19.4 Å². The Balaban J connectivity index is 0.00000289. The van der Waals surface area contributed by atoms with Crippen molar-refractivity contribution in [3.8, 4) is 0 Å². The smallest absolute Gasteiger partial charge is 0.191 e. The molecule has 176 valence electrons. The van der Waals surface area contributed by atoms with Crippen LogP contribution in [0.2, 0.25) is 0 Å². The van der Waals surface area contributed by atoms with Crippen LogP contribution in [0.4, 0.5) is 0 Å². The molecule has 2 aliphatic rings. The van der Waals surface area contributed by atoms with Gasteiger partial charge in [0.05, 0.1) is 6.54 Å². The zero-order valence-corrected chi connectivity index (χ0v) is 21.7. The molecule has 0 unspecified atom stereocenters. The Kier molecular flexibility index (Phi) is 10.3. The number of piperidine rings is 1. The Morgan fingerprint density at radius 3 is 2.53 bits per heavy atom. The highest BCUT2D eigenvalue weighted by Gasteiger charge is 2.23. The summed E-state index contributed by atoms with van der Waals surface area (Å²) in [6.07, 6.45) is 13.5. The number of guanidine groups is 1. The molecule has 1 aliphatic heterocycles. The van der Waals surface area contributed by atoms with E-state index in [4.69, 9.17) is 0 Å². The Hall–Kier alpha value is -1.61. The van der Waals surface area contributed by atoms with Crippen LogP contribution in [0.1, 0.15) is 56.3 Å². The Bertz CT molecular complexity index is 807. The highest BCUT2D eigenvalue weighted by molar-refractivity contribution is 14.0. The second kappa shape index (κ2) is 13.2. The average Bonchev–Trinajstić information content (AvgIpc) is 3.26. The predicted octanol–water partition coefficient (Wildman–Crippen LogP) is 4.26. The van der Waals surface area contributed by atoms with E-state index in [1.165, 1.54) is 70.1 Å². The fourth-order valence-corrected chi connectivity index (χ4v) is 4.98. The van der Waals surface area contributed by atoms with Crippen LogP contribution in [0.5, 0.6) is 0 Å². The third-order valence-corrected chi connectivity index (χ3v) is 6.80. The van der Waals surface area contributed by atoms with Gasteiger partial charge in [0.1, 0.15) is 5.82 Å². The molecule has 1 saturated carbocycles. The van der Waals surface area contributed by atoms with Crippen LogP contribution in [-0.4, -0.2) is 53.1 Å². The van der Waals surface area contributed by atoms with Crippen molar-refractivity contribution in [2.24, 2.45) is 10.9 Å². The summed E-state index contributed by atoms with van der Waals surface area (Å²) in [5.41, 5.74) is 1.28. The maximum Gasteiger partial charge on any atom is 0.191 e. The number of imidazole rings is 1. The van der Waals surface area contributed by atoms with E-state index >= 15 is 0 Å². The van der Waals surface area contributed by atoms with Gasteiger partial charge in [-0.15, -0.1) is 24.0 Å². The monoisotopic (exact) mass is 550 g/mol. The first-order valence-electron chi connectivity index (χ1n) is 12.0. The number of halogens is 1. The molecule has 2 N–H and O–H groups in total. The van der Waals surface area contributed by atoms with Crippen molar-refractivity contribution in [2.45, 2.75) is 64.1 Å². The molecule has 4 rings (SSSR count). The van der Waals surface area contributed by atoms with E-state index in [2.05, 4.69) is 60.4 Å². The fourth-order valence-electron chi connectivity index (χ4n) is 4.98. The average molecular weight is 551 g/mol. The van der Waals surface area contributed by atoms with E-state index in [0.29, 0.717) is 12.6 Å². The summed E-state index contributed by atoms with van der Waals surface area (Å²) in [4.78, 5) is 11.7. The largest absolute Gasteiger partial charge is 0.354 e. The van der Waals surface area contributed by atoms with Gasteiger partial charge >= 0.3 is 0 Å². The number of nitrogens with one attached hydrogen (secondary N) is 2. The summed E-state index contributed by atoms with van der Waals surface area (Å²) < 4.78 is 2.19. The van der Waals surface area contributed by atoms with Crippen LogP contribution >= 0.6 is 24.0 Å². The Morgan fingerprint density at radius 1 is 1.06 bits per heavy atom. The van der Waals surface area contributed by atoms with Crippen molar-refractivity contribution in [1.29, 1.82) is 0 Å². The predicted molar refractivity (Wildman–Crippen MR) is 143 cm³/mol. The van der Waals surface area contributed by atoms with Gasteiger partial charge in [-0.3, -0.25) is 4.99 Å². The lowest BCUT2D eigenvalue weighted by molar-refractivity contribution is 0.160. The molecule has 6 nitrogen and oxygen atoms in total. The molecule has 32 heavy (non-hydrogen) atoms. The van der Waals surface area contributed by atoms with Gasteiger partial charge in [0.2, 0.25) is 0 Å². The van der Waals surface area contributed by atoms with Gasteiger partial charge in [-0.05, 0) is 37.2 Å². The van der Waals surface area contributed by atoms with Crippen molar-refractivity contribution in [3.05, 3.63) is 54.1 Å². The molecule has 0 bridgehead atoms. The van der Waals surface area contributed by atoms with E-state index in [1.54, 1.807) is 0 Å². The van der Waals surface area contributed by atoms with Crippen molar-refractivity contribution >= 4 is 29.9 Å². The van der Waals surface area contributed by atoms with E-state index < -0.39 is 0 Å². The summed E-state index contributed by atoms with van der Waals surface area (Å²) in [5.74, 6) is 2.83. The molecule has 1 aromatic heterocycles. The van der Waals surface area contributed by atoms with Gasteiger partial charge in [-0.25, -0.2) is 4.98 Å². The molecule has 2 heterocycles. The number of hydrogen-bond acceptors (Lipinski definition) is 3. The van der Waals surface area contributed by atoms with Gasteiger partial charge in [-0.1, -0.05) is 49.6 Å². The number of aromatic nitrogens is 2. The maximum atomic E-state index is 4.54. The van der Waals surface area contributed by atoms with Crippen LogP contribution in [0.15, 0.2) is 47.7 Å². The van der Waals surface area contributed by atoms with Crippen LogP contribution in [0, 0.1) is 5.92 Å². The zero-order chi connectivity index (χ0) is 21.3. The van der Waals surface area contributed by atoms with Gasteiger partial charge in [0.15, 0.2) is 5.96 Å². The van der Waals surface area contributed by atoms with Crippen molar-refractivity contribution in [1.82, 2.24) is 25.1 Å². The molecule has 0 radical (unpaired) electrons. The SMILES string of the molecule is CN=C(NCc1nccn1Cc1ccccc1)NC1CCN(CC2CCCCC2)CC1.I. The molecule has 0 amide bonds. The highest BCUT2D eigenvalue weighted by atomic mass is 127. The molecule has 2 fully saturated rings. The molecule has 0 spiro atoms. The summed E-state index contributed by atoms with van der Waals surface area (Å²) in [5, 5.41) is 7.10. The third-order valence-electron chi connectivity index (χ3n) is 6.80. The molecular formula is C25H39IN6. The second-order valence-corrected chi connectivity index (χ2v) is 9.11. The first-order valence-corrected chi connectivity index (χ1v) is 12.0. The van der Waals surface area contributed by atoms with Crippen molar-refractivity contribution in [2.75, 3.05) is 26.7 Å². The summed E-state index contributed by atoms with van der Waals surface area (Å²) >= 11 is 0. The lowest BCUT2D eigenvalue weighted by Crippen LogP contribution is -2.49. The quantitative estimate of drug-likeness (QED) is 0.308. The third kappa shape index (κ3) is 7.47. The molecule has 1 aromatic carbocycles. The van der Waals surface area contributed by atoms with Gasteiger partial charge < -0.3 is 20.1 Å². The fraction of sp³-hybridized carbons (Fsp3) is 0.600. The Morgan fingerprint density at radius 2 is 1.81 bits per heavy atom. The lowest BCUT2D eigenvalue weighted by atomic mass is 9.88. The summed E-state index contributed by atoms with van der Waals surface area (Å²) in [6.45, 7) is 5.21. The number of nitrogens with zero attached hydrogens (tertiary/aromatic N) is 4. The van der Waals surface area contributed by atoms with Crippen LogP contribution in [0.25, 0.3) is 0 Å². The minimum absolute atomic E-state index is 0. The zero-order valence-electron chi connectivity index (χ0n) is 19.4. The van der Waals surface area contributed by atoms with E-state index in [-0.39, 0.29) is 24.0 Å². The van der Waals surface area contributed by atoms with E-state index in [0.717, 1.165) is 24.2 Å². The summed E-state index contributed by atoms with van der Waals surface area (Å²) in [7, 11) is 1.85. The minimum Gasteiger partial charge on any atom is -0.354 e. The normalized spacial score (nSPS) is 18.8. The number of benzene rings is 1. The number of likely N-dealkylation sites (tertiary alicyclic amines) is 1. The first-order chi connectivity index (χ1) is 15.3. The van der Waals surface area contributed by atoms with Gasteiger partial charge in [-0.2, -0.15) is 0 Å². The Labute approximate surface area is 210 Å². The standard InChI is InChI=1S/C25H38N6.HI/c1-26-25(28-18-24-27-14-17-31(24)20-22-10-6-3-7-11-22)29-23-12-15-30(16-13-23)19-21-8-4-2-5-9-21;/h3,6-7,10-11,14,17,21,23H,2,4-5,8-9,12-13,15-16,18-20H2,1H3,(H2,26,28,29);1H. The first kappa shape index (κ1) is 25.0. The molecular weight excluding hydrogens is 511 g/mol. The van der Waals surface area contributed by atoms with Gasteiger partial charge in [0, 0.05) is 51.7 Å². The van der Waals surface area contributed by atoms with Crippen molar-refractivity contribution < 1.29 is 0 Å². The van der Waals surface area contributed by atoms with Gasteiger partial charge in [0.25, 0.3) is 0 Å². The molecule has 0 atom stereocenters. The lowest BCUT2D eigenvalue weighted by Gasteiger charge is -2.36.